The lowest BCUT2D eigenvalue weighted by atomic mass is 10.0. The van der Waals surface area contributed by atoms with Crippen molar-refractivity contribution in [1.29, 1.82) is 0 Å². The highest BCUT2D eigenvalue weighted by Gasteiger charge is 2.30. The van der Waals surface area contributed by atoms with Gasteiger partial charge in [0, 0.05) is 13.6 Å². The van der Waals surface area contributed by atoms with Crippen molar-refractivity contribution in [3.8, 4) is 0 Å². The predicted octanol–water partition coefficient (Wildman–Crippen LogP) is 2.02. The van der Waals surface area contributed by atoms with Crippen LogP contribution in [0, 0.1) is 5.92 Å². The second-order valence-electron chi connectivity index (χ2n) is 5.49. The van der Waals surface area contributed by atoms with Crippen LogP contribution < -0.4 is 5.32 Å². The minimum Gasteiger partial charge on any atom is -0.344 e. The summed E-state index contributed by atoms with van der Waals surface area (Å²) in [7, 11) is 1.93. The molecule has 3 nitrogen and oxygen atoms in total. The van der Waals surface area contributed by atoms with Crippen LogP contribution in [0.25, 0.3) is 0 Å². The van der Waals surface area contributed by atoms with Gasteiger partial charge in [-0.05, 0) is 39.2 Å². The van der Waals surface area contributed by atoms with Crippen LogP contribution in [-0.2, 0) is 4.79 Å². The molecular formula is C13H26N2O. The fraction of sp³-hybridized carbons (Fsp3) is 0.923. The third kappa shape index (κ3) is 3.48. The Labute approximate surface area is 99.6 Å². The standard InChI is InChI=1S/C13H26N2O/c1-5-14-13(2,3)12(16)15(4)10-11-8-6-7-9-11/h11,14H,5-10H2,1-4H3. The molecule has 1 fully saturated rings. The molecule has 0 radical (unpaired) electrons. The lowest BCUT2D eigenvalue weighted by Crippen LogP contribution is -2.53. The highest BCUT2D eigenvalue weighted by molar-refractivity contribution is 5.85. The predicted molar refractivity (Wildman–Crippen MR) is 67.4 cm³/mol. The molecule has 1 aliphatic carbocycles. The van der Waals surface area contributed by atoms with Gasteiger partial charge >= 0.3 is 0 Å². The van der Waals surface area contributed by atoms with Gasteiger partial charge < -0.3 is 10.2 Å². The SMILES string of the molecule is CCNC(C)(C)C(=O)N(C)CC1CCCC1. The molecule has 1 amide bonds. The summed E-state index contributed by atoms with van der Waals surface area (Å²) in [6.07, 6.45) is 5.26. The largest absolute Gasteiger partial charge is 0.344 e. The van der Waals surface area contributed by atoms with Crippen molar-refractivity contribution in [3.63, 3.8) is 0 Å². The first-order valence-electron chi connectivity index (χ1n) is 6.48. The summed E-state index contributed by atoms with van der Waals surface area (Å²) in [5.41, 5.74) is -0.428. The number of hydrogen-bond acceptors (Lipinski definition) is 2. The summed E-state index contributed by atoms with van der Waals surface area (Å²) in [6.45, 7) is 7.71. The topological polar surface area (TPSA) is 32.3 Å². The zero-order valence-corrected chi connectivity index (χ0v) is 11.2. The number of hydrogen-bond donors (Lipinski definition) is 1. The van der Waals surface area contributed by atoms with E-state index in [4.69, 9.17) is 0 Å². The molecule has 0 atom stereocenters. The van der Waals surface area contributed by atoms with Gasteiger partial charge in [-0.15, -0.1) is 0 Å². The van der Waals surface area contributed by atoms with Gasteiger partial charge in [-0.1, -0.05) is 19.8 Å². The quantitative estimate of drug-likeness (QED) is 0.778. The molecule has 1 N–H and O–H groups in total. The molecule has 3 heteroatoms. The van der Waals surface area contributed by atoms with E-state index in [0.29, 0.717) is 0 Å². The van der Waals surface area contributed by atoms with Crippen molar-refractivity contribution >= 4 is 5.91 Å². The summed E-state index contributed by atoms with van der Waals surface area (Å²) >= 11 is 0. The van der Waals surface area contributed by atoms with Crippen molar-refractivity contribution < 1.29 is 4.79 Å². The molecule has 0 aliphatic heterocycles. The molecule has 1 rings (SSSR count). The van der Waals surface area contributed by atoms with Crippen molar-refractivity contribution in [2.45, 2.75) is 52.0 Å². The Balaban J connectivity index is 2.45. The maximum atomic E-state index is 12.2. The first-order valence-corrected chi connectivity index (χ1v) is 6.48. The first kappa shape index (κ1) is 13.5. The number of carbonyl (C=O) groups is 1. The Kier molecular flexibility index (Phi) is 4.78. The van der Waals surface area contributed by atoms with Gasteiger partial charge in [-0.25, -0.2) is 0 Å². The number of carbonyl (C=O) groups excluding carboxylic acids is 1. The summed E-state index contributed by atoms with van der Waals surface area (Å²) in [6, 6.07) is 0. The molecule has 0 aromatic rings. The van der Waals surface area contributed by atoms with Gasteiger partial charge in [-0.3, -0.25) is 4.79 Å². The van der Waals surface area contributed by atoms with E-state index in [9.17, 15) is 4.79 Å². The number of rotatable bonds is 5. The average Bonchev–Trinajstić information content (AvgIpc) is 2.69. The molecule has 0 unspecified atom stereocenters. The fourth-order valence-electron chi connectivity index (χ4n) is 2.66. The van der Waals surface area contributed by atoms with E-state index in [2.05, 4.69) is 5.32 Å². The van der Waals surface area contributed by atoms with Crippen LogP contribution in [0.3, 0.4) is 0 Å². The van der Waals surface area contributed by atoms with E-state index in [-0.39, 0.29) is 5.91 Å². The first-order chi connectivity index (χ1) is 7.47. The summed E-state index contributed by atoms with van der Waals surface area (Å²) in [5, 5.41) is 3.24. The summed E-state index contributed by atoms with van der Waals surface area (Å²) in [5.74, 6) is 0.938. The average molecular weight is 226 g/mol. The van der Waals surface area contributed by atoms with Crippen molar-refractivity contribution in [1.82, 2.24) is 10.2 Å². The molecule has 1 aliphatic rings. The Morgan fingerprint density at radius 1 is 1.38 bits per heavy atom. The third-order valence-electron chi connectivity index (χ3n) is 3.51. The Hall–Kier alpha value is -0.570. The van der Waals surface area contributed by atoms with Crippen LogP contribution in [-0.4, -0.2) is 36.5 Å². The van der Waals surface area contributed by atoms with E-state index < -0.39 is 5.54 Å². The Morgan fingerprint density at radius 2 is 1.94 bits per heavy atom. The molecule has 0 aromatic heterocycles. The van der Waals surface area contributed by atoms with Crippen molar-refractivity contribution in [2.75, 3.05) is 20.1 Å². The minimum absolute atomic E-state index is 0.209. The normalized spacial score (nSPS) is 17.8. The second kappa shape index (κ2) is 5.67. The van der Waals surface area contributed by atoms with Crippen LogP contribution in [0.4, 0.5) is 0 Å². The zero-order chi connectivity index (χ0) is 12.2. The molecule has 0 spiro atoms. The smallest absolute Gasteiger partial charge is 0.242 e. The molecule has 1 saturated carbocycles. The van der Waals surface area contributed by atoms with E-state index in [1.54, 1.807) is 0 Å². The number of likely N-dealkylation sites (N-methyl/N-ethyl adjacent to an activating group) is 2. The van der Waals surface area contributed by atoms with Gasteiger partial charge in [0.05, 0.1) is 5.54 Å². The number of amides is 1. The molecule has 0 bridgehead atoms. The number of nitrogens with zero attached hydrogens (tertiary/aromatic N) is 1. The Bertz CT molecular complexity index is 232. The minimum atomic E-state index is -0.428. The van der Waals surface area contributed by atoms with Gasteiger partial charge in [0.1, 0.15) is 0 Å². The molecule has 16 heavy (non-hydrogen) atoms. The highest BCUT2D eigenvalue weighted by atomic mass is 16.2. The summed E-state index contributed by atoms with van der Waals surface area (Å²) < 4.78 is 0. The van der Waals surface area contributed by atoms with Gasteiger partial charge in [0.25, 0.3) is 0 Å². The second-order valence-corrected chi connectivity index (χ2v) is 5.49. The molecule has 0 saturated heterocycles. The van der Waals surface area contributed by atoms with Gasteiger partial charge in [-0.2, -0.15) is 0 Å². The van der Waals surface area contributed by atoms with Crippen LogP contribution in [0.5, 0.6) is 0 Å². The Morgan fingerprint density at radius 3 is 2.44 bits per heavy atom. The summed E-state index contributed by atoms with van der Waals surface area (Å²) in [4.78, 5) is 14.1. The van der Waals surface area contributed by atoms with E-state index in [1.165, 1.54) is 25.7 Å². The fourth-order valence-corrected chi connectivity index (χ4v) is 2.66. The van der Waals surface area contributed by atoms with Crippen LogP contribution in [0.2, 0.25) is 0 Å². The van der Waals surface area contributed by atoms with Crippen LogP contribution in [0.1, 0.15) is 46.5 Å². The maximum absolute atomic E-state index is 12.2. The third-order valence-corrected chi connectivity index (χ3v) is 3.51. The van der Waals surface area contributed by atoms with E-state index in [0.717, 1.165) is 19.0 Å². The molecule has 94 valence electrons. The monoisotopic (exact) mass is 226 g/mol. The van der Waals surface area contributed by atoms with Crippen LogP contribution in [0.15, 0.2) is 0 Å². The highest BCUT2D eigenvalue weighted by Crippen LogP contribution is 2.25. The van der Waals surface area contributed by atoms with Crippen molar-refractivity contribution in [3.05, 3.63) is 0 Å². The van der Waals surface area contributed by atoms with Crippen LogP contribution >= 0.6 is 0 Å². The van der Waals surface area contributed by atoms with Crippen molar-refractivity contribution in [2.24, 2.45) is 5.92 Å². The molecular weight excluding hydrogens is 200 g/mol. The molecule has 0 heterocycles. The van der Waals surface area contributed by atoms with E-state index in [1.807, 2.05) is 32.7 Å². The maximum Gasteiger partial charge on any atom is 0.242 e. The van der Waals surface area contributed by atoms with Gasteiger partial charge in [0.2, 0.25) is 5.91 Å². The molecule has 0 aromatic carbocycles. The van der Waals surface area contributed by atoms with Gasteiger partial charge in [0.15, 0.2) is 0 Å². The van der Waals surface area contributed by atoms with E-state index >= 15 is 0 Å². The lowest BCUT2D eigenvalue weighted by molar-refractivity contribution is -0.136. The number of nitrogens with one attached hydrogen (secondary N) is 1. The zero-order valence-electron chi connectivity index (χ0n) is 11.2. The lowest BCUT2D eigenvalue weighted by Gasteiger charge is -2.31.